The first-order chi connectivity index (χ1) is 11.1. The lowest BCUT2D eigenvalue weighted by Gasteiger charge is -2.13. The Morgan fingerprint density at radius 1 is 1.13 bits per heavy atom. The van der Waals surface area contributed by atoms with E-state index in [1.807, 2.05) is 0 Å². The lowest BCUT2D eigenvalue weighted by molar-refractivity contribution is -0.121. The molecule has 7 heteroatoms. The molecule has 3 rings (SSSR count). The number of rotatable bonds is 4. The highest BCUT2D eigenvalue weighted by Gasteiger charge is 2.38. The molecule has 3 amide bonds. The van der Waals surface area contributed by atoms with Gasteiger partial charge in [0.2, 0.25) is 5.91 Å². The average molecular weight is 313 g/mol. The fourth-order valence-electron chi connectivity index (χ4n) is 2.33. The van der Waals surface area contributed by atoms with Crippen LogP contribution in [0.3, 0.4) is 0 Å². The van der Waals surface area contributed by atoms with Gasteiger partial charge in [0.25, 0.3) is 11.8 Å². The molecule has 23 heavy (non-hydrogen) atoms. The number of fused-ring (bicyclic) bond motifs is 1. The molecule has 2 aromatic rings. The molecule has 0 radical (unpaired) electrons. The summed E-state index contributed by atoms with van der Waals surface area (Å²) in [6, 6.07) is 9.08. The first-order valence-electron chi connectivity index (χ1n) is 6.89. The summed E-state index contributed by atoms with van der Waals surface area (Å²) in [4.78, 5) is 40.9. The van der Waals surface area contributed by atoms with E-state index in [0.717, 1.165) is 11.0 Å². The zero-order valence-electron chi connectivity index (χ0n) is 12.0. The molecule has 1 aliphatic heterocycles. The smallest absolute Gasteiger partial charge is 0.265 e. The number of nitrogens with one attached hydrogen (secondary N) is 1. The van der Waals surface area contributed by atoms with Gasteiger partial charge >= 0.3 is 0 Å². The van der Waals surface area contributed by atoms with E-state index in [9.17, 15) is 18.8 Å². The number of pyridine rings is 1. The monoisotopic (exact) mass is 313 g/mol. The van der Waals surface area contributed by atoms with Gasteiger partial charge in [-0.3, -0.25) is 24.3 Å². The van der Waals surface area contributed by atoms with Crippen LogP contribution in [-0.4, -0.2) is 34.2 Å². The summed E-state index contributed by atoms with van der Waals surface area (Å²) in [5.74, 6) is -2.75. The van der Waals surface area contributed by atoms with Gasteiger partial charge in [0.15, 0.2) is 0 Å². The Balaban J connectivity index is 1.67. The number of hydrogen-bond donors (Lipinski definition) is 1. The summed E-state index contributed by atoms with van der Waals surface area (Å²) >= 11 is 0. The van der Waals surface area contributed by atoms with Gasteiger partial charge in [-0.25, -0.2) is 4.39 Å². The lowest BCUT2D eigenvalue weighted by Crippen LogP contribution is -2.40. The minimum absolute atomic E-state index is 0.0208. The highest BCUT2D eigenvalue weighted by atomic mass is 19.1. The van der Waals surface area contributed by atoms with E-state index in [4.69, 9.17) is 0 Å². The number of benzene rings is 1. The van der Waals surface area contributed by atoms with Gasteiger partial charge in [-0.15, -0.1) is 0 Å². The number of hydrogen-bond acceptors (Lipinski definition) is 4. The summed E-state index contributed by atoms with van der Waals surface area (Å²) in [6.45, 7) is -0.282. The maximum atomic E-state index is 13.7. The van der Waals surface area contributed by atoms with Crippen LogP contribution in [0.1, 0.15) is 26.4 Å². The first kappa shape index (κ1) is 14.8. The molecular formula is C16H12FN3O3. The van der Waals surface area contributed by atoms with E-state index >= 15 is 0 Å². The predicted molar refractivity (Wildman–Crippen MR) is 77.9 cm³/mol. The average Bonchev–Trinajstić information content (AvgIpc) is 2.80. The molecule has 0 saturated carbocycles. The van der Waals surface area contributed by atoms with Crippen LogP contribution in [0.2, 0.25) is 0 Å². The van der Waals surface area contributed by atoms with Crippen LogP contribution >= 0.6 is 0 Å². The molecule has 0 fully saturated rings. The number of nitrogens with zero attached hydrogens (tertiary/aromatic N) is 2. The van der Waals surface area contributed by atoms with E-state index in [-0.39, 0.29) is 17.7 Å². The quantitative estimate of drug-likeness (QED) is 0.858. The van der Waals surface area contributed by atoms with Crippen LogP contribution in [0, 0.1) is 5.82 Å². The van der Waals surface area contributed by atoms with E-state index in [0.29, 0.717) is 5.69 Å². The van der Waals surface area contributed by atoms with Crippen LogP contribution in [0.15, 0.2) is 42.6 Å². The van der Waals surface area contributed by atoms with Gasteiger partial charge < -0.3 is 5.32 Å². The molecule has 1 aromatic carbocycles. The van der Waals surface area contributed by atoms with Crippen molar-refractivity contribution in [1.82, 2.24) is 15.2 Å². The predicted octanol–water partition coefficient (Wildman–Crippen LogP) is 1.13. The van der Waals surface area contributed by atoms with Crippen LogP contribution < -0.4 is 5.32 Å². The zero-order chi connectivity index (χ0) is 16.4. The normalized spacial score (nSPS) is 13.2. The zero-order valence-corrected chi connectivity index (χ0v) is 12.0. The summed E-state index contributed by atoms with van der Waals surface area (Å²) in [7, 11) is 0. The summed E-state index contributed by atoms with van der Waals surface area (Å²) in [5, 5.41) is 2.57. The number of carbonyl (C=O) groups is 3. The molecule has 0 atom stereocenters. The third kappa shape index (κ3) is 2.80. The Morgan fingerprint density at radius 2 is 1.96 bits per heavy atom. The minimum atomic E-state index is -0.795. The van der Waals surface area contributed by atoms with Gasteiger partial charge in [0, 0.05) is 6.20 Å². The van der Waals surface area contributed by atoms with Crippen molar-refractivity contribution in [3.05, 3.63) is 65.2 Å². The molecule has 1 N–H and O–H groups in total. The van der Waals surface area contributed by atoms with Crippen LogP contribution in [0.5, 0.6) is 0 Å². The van der Waals surface area contributed by atoms with Gasteiger partial charge in [0.05, 0.1) is 23.4 Å². The Hall–Kier alpha value is -3.09. The molecule has 0 bridgehead atoms. The Kier molecular flexibility index (Phi) is 3.84. The Labute approximate surface area is 130 Å². The van der Waals surface area contributed by atoms with Crippen molar-refractivity contribution < 1.29 is 18.8 Å². The third-order valence-electron chi connectivity index (χ3n) is 3.44. The second-order valence-electron chi connectivity index (χ2n) is 4.96. The van der Waals surface area contributed by atoms with Crippen molar-refractivity contribution >= 4 is 17.7 Å². The SMILES string of the molecule is O=C(CN1C(=O)c2cccc(F)c2C1=O)NCc1ccccn1. The van der Waals surface area contributed by atoms with Gasteiger partial charge in [-0.1, -0.05) is 12.1 Å². The molecule has 0 saturated heterocycles. The standard InChI is InChI=1S/C16H12FN3O3/c17-12-6-3-5-11-14(12)16(23)20(15(11)22)9-13(21)19-8-10-4-1-2-7-18-10/h1-7H,8-9H2,(H,19,21). The Morgan fingerprint density at radius 3 is 2.65 bits per heavy atom. The van der Waals surface area contributed by atoms with Crippen LogP contribution in [0.4, 0.5) is 4.39 Å². The number of aromatic nitrogens is 1. The van der Waals surface area contributed by atoms with Gasteiger partial charge in [0.1, 0.15) is 12.4 Å². The van der Waals surface area contributed by atoms with Gasteiger partial charge in [-0.05, 0) is 24.3 Å². The summed E-state index contributed by atoms with van der Waals surface area (Å²) < 4.78 is 13.7. The van der Waals surface area contributed by atoms with Crippen molar-refractivity contribution in [3.63, 3.8) is 0 Å². The number of imide groups is 1. The van der Waals surface area contributed by atoms with Crippen molar-refractivity contribution in [2.45, 2.75) is 6.54 Å². The molecule has 0 aliphatic carbocycles. The first-order valence-corrected chi connectivity index (χ1v) is 6.89. The molecular weight excluding hydrogens is 301 g/mol. The summed E-state index contributed by atoms with van der Waals surface area (Å²) in [6.07, 6.45) is 1.59. The molecule has 2 heterocycles. The van der Waals surface area contributed by atoms with E-state index in [2.05, 4.69) is 10.3 Å². The minimum Gasteiger partial charge on any atom is -0.349 e. The number of halogens is 1. The Bertz CT molecular complexity index is 792. The largest absolute Gasteiger partial charge is 0.349 e. The van der Waals surface area contributed by atoms with Crippen LogP contribution in [-0.2, 0) is 11.3 Å². The number of amides is 3. The maximum Gasteiger partial charge on any atom is 0.265 e. The van der Waals surface area contributed by atoms with Crippen molar-refractivity contribution in [3.8, 4) is 0 Å². The molecule has 1 aromatic heterocycles. The highest BCUT2D eigenvalue weighted by Crippen LogP contribution is 2.24. The van der Waals surface area contributed by atoms with E-state index < -0.39 is 30.1 Å². The molecule has 0 spiro atoms. The van der Waals surface area contributed by atoms with Crippen LogP contribution in [0.25, 0.3) is 0 Å². The molecule has 1 aliphatic rings. The second kappa shape index (κ2) is 5.96. The third-order valence-corrected chi connectivity index (χ3v) is 3.44. The van der Waals surface area contributed by atoms with Crippen molar-refractivity contribution in [2.24, 2.45) is 0 Å². The highest BCUT2D eigenvalue weighted by molar-refractivity contribution is 6.22. The lowest BCUT2D eigenvalue weighted by atomic mass is 10.1. The second-order valence-corrected chi connectivity index (χ2v) is 4.96. The summed E-state index contributed by atoms with van der Waals surface area (Å²) in [5.41, 5.74) is 0.344. The molecule has 6 nitrogen and oxygen atoms in total. The van der Waals surface area contributed by atoms with Gasteiger partial charge in [-0.2, -0.15) is 0 Å². The fraction of sp³-hybridized carbons (Fsp3) is 0.125. The van der Waals surface area contributed by atoms with E-state index in [1.54, 1.807) is 24.4 Å². The maximum absolute atomic E-state index is 13.7. The van der Waals surface area contributed by atoms with Crippen molar-refractivity contribution in [2.75, 3.05) is 6.54 Å². The molecule has 0 unspecified atom stereocenters. The number of carbonyl (C=O) groups excluding carboxylic acids is 3. The molecule has 116 valence electrons. The fourth-order valence-corrected chi connectivity index (χ4v) is 2.33. The van der Waals surface area contributed by atoms with Crippen molar-refractivity contribution in [1.29, 1.82) is 0 Å². The van der Waals surface area contributed by atoms with E-state index in [1.165, 1.54) is 12.1 Å². The topological polar surface area (TPSA) is 79.4 Å².